The van der Waals surface area contributed by atoms with Gasteiger partial charge in [-0.2, -0.15) is 0 Å². The molecule has 192 valence electrons. The van der Waals surface area contributed by atoms with E-state index in [1.54, 1.807) is 36.7 Å². The van der Waals surface area contributed by atoms with Gasteiger partial charge in [-0.05, 0) is 58.9 Å². The van der Waals surface area contributed by atoms with Crippen LogP contribution in [0.3, 0.4) is 0 Å². The first-order valence-electron chi connectivity index (χ1n) is 12.4. The maximum absolute atomic E-state index is 13.3. The summed E-state index contributed by atoms with van der Waals surface area (Å²) in [5.74, 6) is 5.63. The molecule has 0 saturated carbocycles. The highest BCUT2D eigenvalue weighted by molar-refractivity contribution is 5.99. The number of H-pyrrole nitrogens is 1. The van der Waals surface area contributed by atoms with Gasteiger partial charge in [0.05, 0.1) is 29.1 Å². The van der Waals surface area contributed by atoms with Gasteiger partial charge in [0.25, 0.3) is 11.8 Å². The number of nitrogens with one attached hydrogen (secondary N) is 2. The lowest BCUT2D eigenvalue weighted by Gasteiger charge is -2.27. The molecule has 3 aromatic carbocycles. The van der Waals surface area contributed by atoms with E-state index in [0.29, 0.717) is 34.2 Å². The van der Waals surface area contributed by atoms with Crippen molar-refractivity contribution in [3.05, 3.63) is 95.3 Å². The SMILES string of the molecule is CC(C)c1ccc(C(=O)NC(c2ccc(C(C)C)cc2)C(O)C(=O)N(N)c2ccc3nc[nH]c3c2)cc1. The molecule has 0 aliphatic rings. The zero-order valence-corrected chi connectivity index (χ0v) is 21.5. The Morgan fingerprint density at radius 3 is 2.05 bits per heavy atom. The number of carbonyl (C=O) groups is 2. The molecule has 0 fully saturated rings. The van der Waals surface area contributed by atoms with Crippen molar-refractivity contribution in [1.82, 2.24) is 15.3 Å². The van der Waals surface area contributed by atoms with Crippen LogP contribution in [0.25, 0.3) is 11.0 Å². The molecule has 8 nitrogen and oxygen atoms in total. The number of hydrogen-bond donors (Lipinski definition) is 4. The van der Waals surface area contributed by atoms with Crippen molar-refractivity contribution in [2.45, 2.75) is 51.7 Å². The Hall–Kier alpha value is -4.01. The molecule has 4 rings (SSSR count). The quantitative estimate of drug-likeness (QED) is 0.161. The number of benzene rings is 3. The number of imidazole rings is 1. The van der Waals surface area contributed by atoms with E-state index < -0.39 is 24.0 Å². The number of carbonyl (C=O) groups excluding carboxylic acids is 2. The van der Waals surface area contributed by atoms with Crippen LogP contribution < -0.4 is 16.2 Å². The van der Waals surface area contributed by atoms with Gasteiger partial charge in [0.2, 0.25) is 0 Å². The largest absolute Gasteiger partial charge is 0.381 e. The highest BCUT2D eigenvalue weighted by atomic mass is 16.3. The number of aromatic nitrogens is 2. The summed E-state index contributed by atoms with van der Waals surface area (Å²) in [4.78, 5) is 33.6. The number of aromatic amines is 1. The van der Waals surface area contributed by atoms with Gasteiger partial charge in [-0.25, -0.2) is 15.8 Å². The van der Waals surface area contributed by atoms with Crippen LogP contribution in [0.2, 0.25) is 0 Å². The molecule has 1 heterocycles. The summed E-state index contributed by atoms with van der Waals surface area (Å²) < 4.78 is 0. The molecular formula is C29H33N5O3. The number of rotatable bonds is 8. The van der Waals surface area contributed by atoms with Gasteiger partial charge in [-0.3, -0.25) is 9.59 Å². The van der Waals surface area contributed by atoms with Gasteiger partial charge in [-0.15, -0.1) is 0 Å². The zero-order valence-electron chi connectivity index (χ0n) is 21.5. The third kappa shape index (κ3) is 5.71. The van der Waals surface area contributed by atoms with E-state index in [1.807, 2.05) is 36.4 Å². The normalized spacial score (nSPS) is 13.1. The number of hydrogen-bond acceptors (Lipinski definition) is 5. The van der Waals surface area contributed by atoms with E-state index in [0.717, 1.165) is 21.7 Å². The molecule has 2 unspecified atom stereocenters. The van der Waals surface area contributed by atoms with Crippen LogP contribution in [0.4, 0.5) is 5.69 Å². The summed E-state index contributed by atoms with van der Waals surface area (Å²) in [6, 6.07) is 18.8. The van der Waals surface area contributed by atoms with Crippen molar-refractivity contribution in [2.75, 3.05) is 5.01 Å². The first-order valence-corrected chi connectivity index (χ1v) is 12.4. The summed E-state index contributed by atoms with van der Waals surface area (Å²) in [5.41, 5.74) is 5.05. The van der Waals surface area contributed by atoms with Crippen molar-refractivity contribution in [2.24, 2.45) is 5.84 Å². The van der Waals surface area contributed by atoms with Crippen molar-refractivity contribution in [1.29, 1.82) is 0 Å². The molecule has 2 atom stereocenters. The molecule has 0 aliphatic heterocycles. The minimum Gasteiger partial charge on any atom is -0.381 e. The summed E-state index contributed by atoms with van der Waals surface area (Å²) in [5, 5.41) is 15.0. The molecule has 1 aromatic heterocycles. The van der Waals surface area contributed by atoms with Crippen molar-refractivity contribution in [3.63, 3.8) is 0 Å². The average molecular weight is 500 g/mol. The fraction of sp³-hybridized carbons (Fsp3) is 0.276. The Bertz CT molecular complexity index is 1380. The Morgan fingerprint density at radius 2 is 1.46 bits per heavy atom. The Morgan fingerprint density at radius 1 is 0.892 bits per heavy atom. The second kappa shape index (κ2) is 10.9. The van der Waals surface area contributed by atoms with Crippen LogP contribution >= 0.6 is 0 Å². The molecular weight excluding hydrogens is 466 g/mol. The summed E-state index contributed by atoms with van der Waals surface area (Å²) >= 11 is 0. The van der Waals surface area contributed by atoms with Gasteiger partial charge in [0.1, 0.15) is 0 Å². The molecule has 37 heavy (non-hydrogen) atoms. The molecule has 5 N–H and O–H groups in total. The number of nitrogens with two attached hydrogens (primary N) is 1. The van der Waals surface area contributed by atoms with Crippen LogP contribution in [0, 0.1) is 0 Å². The van der Waals surface area contributed by atoms with Crippen LogP contribution in [0.1, 0.15) is 72.6 Å². The number of aliphatic hydroxyl groups excluding tert-OH is 1. The Labute approximate surface area is 216 Å². The van der Waals surface area contributed by atoms with Gasteiger partial charge in [0.15, 0.2) is 6.10 Å². The average Bonchev–Trinajstić information content (AvgIpc) is 3.38. The predicted molar refractivity (Wildman–Crippen MR) is 145 cm³/mol. The molecule has 0 aliphatic carbocycles. The number of nitrogens with zero attached hydrogens (tertiary/aromatic N) is 2. The molecule has 4 aromatic rings. The van der Waals surface area contributed by atoms with E-state index in [1.165, 1.54) is 0 Å². The lowest BCUT2D eigenvalue weighted by Crippen LogP contribution is -2.50. The first kappa shape index (κ1) is 26.1. The monoisotopic (exact) mass is 499 g/mol. The van der Waals surface area contributed by atoms with Gasteiger partial charge >= 0.3 is 0 Å². The minimum absolute atomic E-state index is 0.310. The van der Waals surface area contributed by atoms with Crippen LogP contribution in [-0.2, 0) is 4.79 Å². The molecule has 8 heteroatoms. The predicted octanol–water partition coefficient (Wildman–Crippen LogP) is 4.55. The molecule has 0 saturated heterocycles. The second-order valence-corrected chi connectivity index (χ2v) is 9.81. The fourth-order valence-corrected chi connectivity index (χ4v) is 4.16. The Balaban J connectivity index is 1.62. The van der Waals surface area contributed by atoms with E-state index in [9.17, 15) is 14.7 Å². The highest BCUT2D eigenvalue weighted by Gasteiger charge is 2.32. The molecule has 0 radical (unpaired) electrons. The third-order valence-electron chi connectivity index (χ3n) is 6.58. The molecule has 2 amide bonds. The molecule has 0 bridgehead atoms. The van der Waals surface area contributed by atoms with Gasteiger partial charge in [0, 0.05) is 5.56 Å². The lowest BCUT2D eigenvalue weighted by atomic mass is 9.95. The Kier molecular flexibility index (Phi) is 7.71. The third-order valence-corrected chi connectivity index (χ3v) is 6.58. The van der Waals surface area contributed by atoms with Crippen molar-refractivity contribution >= 4 is 28.5 Å². The summed E-state index contributed by atoms with van der Waals surface area (Å²) in [6.45, 7) is 8.32. The summed E-state index contributed by atoms with van der Waals surface area (Å²) in [6.07, 6.45) is -0.0854. The number of hydrazine groups is 1. The zero-order chi connectivity index (χ0) is 26.7. The van der Waals surface area contributed by atoms with Crippen LogP contribution in [-0.4, -0.2) is 33.0 Å². The maximum atomic E-state index is 13.3. The van der Waals surface area contributed by atoms with E-state index in [-0.39, 0.29) is 0 Å². The first-order chi connectivity index (χ1) is 17.7. The van der Waals surface area contributed by atoms with E-state index in [4.69, 9.17) is 5.84 Å². The van der Waals surface area contributed by atoms with Crippen LogP contribution in [0.15, 0.2) is 73.1 Å². The van der Waals surface area contributed by atoms with Gasteiger partial charge < -0.3 is 15.4 Å². The minimum atomic E-state index is -1.63. The van der Waals surface area contributed by atoms with Crippen LogP contribution in [0.5, 0.6) is 0 Å². The van der Waals surface area contributed by atoms with Crippen molar-refractivity contribution < 1.29 is 14.7 Å². The van der Waals surface area contributed by atoms with Gasteiger partial charge in [-0.1, -0.05) is 64.1 Å². The second-order valence-electron chi connectivity index (χ2n) is 9.81. The number of amides is 2. The number of anilines is 1. The van der Waals surface area contributed by atoms with E-state index >= 15 is 0 Å². The number of fused-ring (bicyclic) bond motifs is 1. The standard InChI is InChI=1S/C29H33N5O3/c1-17(2)19-5-9-21(10-6-19)26(33-28(36)22-11-7-20(8-12-22)18(3)4)27(35)29(37)34(30)23-13-14-24-25(15-23)32-16-31-24/h5-18,26-27,35H,30H2,1-4H3,(H,31,32)(H,33,36). The van der Waals surface area contributed by atoms with Crippen molar-refractivity contribution in [3.8, 4) is 0 Å². The maximum Gasteiger partial charge on any atom is 0.272 e. The highest BCUT2D eigenvalue weighted by Crippen LogP contribution is 2.25. The number of aliphatic hydroxyl groups is 1. The topological polar surface area (TPSA) is 124 Å². The van der Waals surface area contributed by atoms with E-state index in [2.05, 4.69) is 43.0 Å². The lowest BCUT2D eigenvalue weighted by molar-refractivity contribution is -0.128. The summed E-state index contributed by atoms with van der Waals surface area (Å²) in [7, 11) is 0. The fourth-order valence-electron chi connectivity index (χ4n) is 4.16. The smallest absolute Gasteiger partial charge is 0.272 e. The molecule has 0 spiro atoms.